The summed E-state index contributed by atoms with van der Waals surface area (Å²) < 4.78 is 0. The molecule has 0 aliphatic heterocycles. The lowest BCUT2D eigenvalue weighted by atomic mass is 10.2. The number of nitrogens with zero attached hydrogens (tertiary/aromatic N) is 1. The van der Waals surface area contributed by atoms with Crippen LogP contribution in [-0.2, 0) is 0 Å². The quantitative estimate of drug-likeness (QED) is 0.545. The van der Waals surface area contributed by atoms with Gasteiger partial charge in [0.05, 0.1) is 0 Å². The molecule has 4 N–H and O–H groups in total. The lowest BCUT2D eigenvalue weighted by molar-refractivity contribution is 0.161. The van der Waals surface area contributed by atoms with Crippen LogP contribution in [0.1, 0.15) is 18.3 Å². The summed E-state index contributed by atoms with van der Waals surface area (Å²) in [7, 11) is 0. The molecule has 0 aliphatic rings. The summed E-state index contributed by atoms with van der Waals surface area (Å²) in [4.78, 5) is 6.68. The van der Waals surface area contributed by atoms with Gasteiger partial charge in [-0.1, -0.05) is 0 Å². The molecule has 0 radical (unpaired) electrons. The summed E-state index contributed by atoms with van der Waals surface area (Å²) in [5.74, 6) is 0.588. The molecule has 1 atom stereocenters. The van der Waals surface area contributed by atoms with Gasteiger partial charge in [0, 0.05) is 12.4 Å². The third kappa shape index (κ3) is 1.55. The Morgan fingerprint density at radius 3 is 3.10 bits per heavy atom. The second kappa shape index (κ2) is 3.34. The Bertz CT molecular complexity index is 173. The number of H-pyrrole nitrogens is 1. The molecule has 0 bridgehead atoms. The molecule has 1 aromatic heterocycles. The molecule has 0 aromatic carbocycles. The third-order valence-electron chi connectivity index (χ3n) is 1.28. The van der Waals surface area contributed by atoms with Gasteiger partial charge in [0.15, 0.2) is 0 Å². The second-order valence-electron chi connectivity index (χ2n) is 2.07. The smallest absolute Gasteiger partial charge is 0.135 e. The van der Waals surface area contributed by atoms with Crippen LogP contribution in [-0.4, -0.2) is 21.6 Å². The van der Waals surface area contributed by atoms with Gasteiger partial charge in [-0.3, -0.25) is 0 Å². The summed E-state index contributed by atoms with van der Waals surface area (Å²) >= 11 is 0. The molecule has 0 aliphatic carbocycles. The molecular weight excluding hydrogens is 130 g/mol. The lowest BCUT2D eigenvalue weighted by Crippen LogP contribution is -2.07. The minimum Gasteiger partial charge on any atom is -0.385 e. The van der Waals surface area contributed by atoms with Gasteiger partial charge in [-0.25, -0.2) is 4.98 Å². The van der Waals surface area contributed by atoms with Crippen molar-refractivity contribution in [1.29, 1.82) is 0 Å². The molecule has 0 spiro atoms. The highest BCUT2D eigenvalue weighted by Gasteiger charge is 2.06. The van der Waals surface area contributed by atoms with Crippen LogP contribution in [0.3, 0.4) is 0 Å². The maximum Gasteiger partial charge on any atom is 0.135 e. The van der Waals surface area contributed by atoms with E-state index in [0.29, 0.717) is 18.8 Å². The summed E-state index contributed by atoms with van der Waals surface area (Å²) in [6.45, 7) is 0.474. The minimum atomic E-state index is -0.542. The van der Waals surface area contributed by atoms with Crippen LogP contribution in [0.5, 0.6) is 0 Å². The number of nitrogens with one attached hydrogen (secondary N) is 1. The van der Waals surface area contributed by atoms with Crippen molar-refractivity contribution in [1.82, 2.24) is 9.97 Å². The first-order valence-electron chi connectivity index (χ1n) is 3.22. The maximum absolute atomic E-state index is 9.24. The molecule has 56 valence electrons. The van der Waals surface area contributed by atoms with E-state index in [9.17, 15) is 5.11 Å². The molecule has 0 amide bonds. The van der Waals surface area contributed by atoms with Crippen molar-refractivity contribution >= 4 is 0 Å². The molecular formula is C6H11N3O. The number of imidazole rings is 1. The van der Waals surface area contributed by atoms with E-state index in [-0.39, 0.29) is 0 Å². The van der Waals surface area contributed by atoms with Crippen LogP contribution in [0.25, 0.3) is 0 Å². The van der Waals surface area contributed by atoms with Gasteiger partial charge >= 0.3 is 0 Å². The van der Waals surface area contributed by atoms with Gasteiger partial charge in [0.25, 0.3) is 0 Å². The Morgan fingerprint density at radius 2 is 2.60 bits per heavy atom. The van der Waals surface area contributed by atoms with E-state index in [1.165, 1.54) is 0 Å². The molecule has 0 saturated carbocycles. The molecule has 1 unspecified atom stereocenters. The summed E-state index contributed by atoms with van der Waals surface area (Å²) in [6.07, 6.45) is 3.29. The van der Waals surface area contributed by atoms with Crippen LogP contribution in [0.15, 0.2) is 12.4 Å². The van der Waals surface area contributed by atoms with Gasteiger partial charge in [0.2, 0.25) is 0 Å². The lowest BCUT2D eigenvalue weighted by Gasteiger charge is -2.03. The molecule has 0 saturated heterocycles. The zero-order valence-corrected chi connectivity index (χ0v) is 5.62. The summed E-state index contributed by atoms with van der Waals surface area (Å²) in [6, 6.07) is 0. The number of hydrogen-bond donors (Lipinski definition) is 3. The average molecular weight is 141 g/mol. The highest BCUT2D eigenvalue weighted by atomic mass is 16.3. The maximum atomic E-state index is 9.24. The minimum absolute atomic E-state index is 0.474. The number of rotatable bonds is 3. The fourth-order valence-corrected chi connectivity index (χ4v) is 0.754. The van der Waals surface area contributed by atoms with Crippen molar-refractivity contribution in [2.24, 2.45) is 5.73 Å². The predicted molar refractivity (Wildman–Crippen MR) is 37.2 cm³/mol. The van der Waals surface area contributed by atoms with Crippen LogP contribution in [0, 0.1) is 0 Å². The fourth-order valence-electron chi connectivity index (χ4n) is 0.754. The Morgan fingerprint density at radius 1 is 1.80 bits per heavy atom. The zero-order chi connectivity index (χ0) is 7.40. The first kappa shape index (κ1) is 7.24. The SMILES string of the molecule is NCCC(O)c1ncc[nH]1. The fraction of sp³-hybridized carbons (Fsp3) is 0.500. The molecule has 10 heavy (non-hydrogen) atoms. The van der Waals surface area contributed by atoms with Crippen LogP contribution < -0.4 is 5.73 Å². The van der Waals surface area contributed by atoms with E-state index in [4.69, 9.17) is 5.73 Å². The van der Waals surface area contributed by atoms with Crippen LogP contribution >= 0.6 is 0 Å². The number of aliphatic hydroxyl groups excluding tert-OH is 1. The average Bonchev–Trinajstić information content (AvgIpc) is 2.38. The molecule has 1 aromatic rings. The number of aromatic nitrogens is 2. The highest BCUT2D eigenvalue weighted by Crippen LogP contribution is 2.08. The van der Waals surface area contributed by atoms with Gasteiger partial charge in [0.1, 0.15) is 11.9 Å². The Balaban J connectivity index is 2.50. The van der Waals surface area contributed by atoms with Crippen molar-refractivity contribution in [3.63, 3.8) is 0 Å². The van der Waals surface area contributed by atoms with E-state index >= 15 is 0 Å². The standard InChI is InChI=1S/C6H11N3O/c7-2-1-5(10)6-8-3-4-9-6/h3-5,10H,1-2,7H2,(H,8,9). The molecule has 1 heterocycles. The van der Waals surface area contributed by atoms with Crippen LogP contribution in [0.2, 0.25) is 0 Å². The van der Waals surface area contributed by atoms with E-state index in [1.807, 2.05) is 0 Å². The number of aliphatic hydroxyl groups is 1. The number of aromatic amines is 1. The second-order valence-corrected chi connectivity index (χ2v) is 2.07. The van der Waals surface area contributed by atoms with E-state index < -0.39 is 6.10 Å². The largest absolute Gasteiger partial charge is 0.385 e. The van der Waals surface area contributed by atoms with Crippen molar-refractivity contribution in [2.45, 2.75) is 12.5 Å². The molecule has 1 rings (SSSR count). The first-order chi connectivity index (χ1) is 4.84. The van der Waals surface area contributed by atoms with Crippen molar-refractivity contribution in [3.8, 4) is 0 Å². The molecule has 4 heteroatoms. The van der Waals surface area contributed by atoms with E-state index in [0.717, 1.165) is 0 Å². The summed E-state index contributed by atoms with van der Waals surface area (Å²) in [5.41, 5.74) is 5.23. The molecule has 4 nitrogen and oxygen atoms in total. The first-order valence-corrected chi connectivity index (χ1v) is 3.22. The van der Waals surface area contributed by atoms with Gasteiger partial charge in [-0.15, -0.1) is 0 Å². The predicted octanol–water partition coefficient (Wildman–Crippen LogP) is -0.208. The highest BCUT2D eigenvalue weighted by molar-refractivity contribution is 4.91. The summed E-state index contributed by atoms with van der Waals surface area (Å²) in [5, 5.41) is 9.24. The number of hydrogen-bond acceptors (Lipinski definition) is 3. The molecule has 0 fully saturated rings. The van der Waals surface area contributed by atoms with Gasteiger partial charge < -0.3 is 15.8 Å². The van der Waals surface area contributed by atoms with Crippen molar-refractivity contribution < 1.29 is 5.11 Å². The third-order valence-corrected chi connectivity index (χ3v) is 1.28. The normalized spacial score (nSPS) is 13.4. The van der Waals surface area contributed by atoms with E-state index in [1.54, 1.807) is 12.4 Å². The zero-order valence-electron chi connectivity index (χ0n) is 5.62. The van der Waals surface area contributed by atoms with Crippen molar-refractivity contribution in [3.05, 3.63) is 18.2 Å². The monoisotopic (exact) mass is 141 g/mol. The Hall–Kier alpha value is -0.870. The Labute approximate surface area is 59.1 Å². The van der Waals surface area contributed by atoms with Gasteiger partial charge in [-0.2, -0.15) is 0 Å². The van der Waals surface area contributed by atoms with Crippen molar-refractivity contribution in [2.75, 3.05) is 6.54 Å². The number of nitrogens with two attached hydrogens (primary N) is 1. The Kier molecular flexibility index (Phi) is 2.42. The van der Waals surface area contributed by atoms with Crippen LogP contribution in [0.4, 0.5) is 0 Å². The van der Waals surface area contributed by atoms with E-state index in [2.05, 4.69) is 9.97 Å². The topological polar surface area (TPSA) is 74.9 Å². The van der Waals surface area contributed by atoms with Gasteiger partial charge in [-0.05, 0) is 13.0 Å².